The molecule has 0 spiro atoms. The molecule has 0 fully saturated rings. The van der Waals surface area contributed by atoms with Crippen LogP contribution < -0.4 is 10.6 Å². The lowest BCUT2D eigenvalue weighted by molar-refractivity contribution is -0.122. The molecule has 3 N–H and O–H groups in total. The number of aromatic amines is 1. The van der Waals surface area contributed by atoms with E-state index in [0.29, 0.717) is 0 Å². The molecular weight excluding hydrogens is 298 g/mol. The number of carbonyl (C=O) groups excluding carboxylic acids is 1. The summed E-state index contributed by atoms with van der Waals surface area (Å²) in [6, 6.07) is 15.8. The summed E-state index contributed by atoms with van der Waals surface area (Å²) >= 11 is 0. The van der Waals surface area contributed by atoms with Gasteiger partial charge in [-0.2, -0.15) is 0 Å². The van der Waals surface area contributed by atoms with Crippen LogP contribution in [-0.2, 0) is 4.79 Å². The van der Waals surface area contributed by atoms with Gasteiger partial charge in [0.15, 0.2) is 0 Å². The third-order valence-electron chi connectivity index (χ3n) is 4.34. The molecule has 0 aliphatic heterocycles. The minimum absolute atomic E-state index is 0.0140. The summed E-state index contributed by atoms with van der Waals surface area (Å²) in [5, 5.41) is 7.48. The van der Waals surface area contributed by atoms with E-state index in [1.165, 1.54) is 5.56 Å². The smallest absolute Gasteiger partial charge is 0.242 e. The quantitative estimate of drug-likeness (QED) is 0.661. The van der Waals surface area contributed by atoms with E-state index in [-0.39, 0.29) is 18.0 Å². The van der Waals surface area contributed by atoms with E-state index in [1.54, 1.807) is 0 Å². The number of aryl methyl sites for hydroxylation is 1. The third kappa shape index (κ3) is 3.43. The second kappa shape index (κ2) is 6.79. The zero-order chi connectivity index (χ0) is 17.1. The van der Waals surface area contributed by atoms with Gasteiger partial charge in [0.05, 0.1) is 6.04 Å². The number of carbonyl (C=O) groups is 1. The number of hydrogen-bond donors (Lipinski definition) is 3. The number of anilines is 1. The first-order valence-electron chi connectivity index (χ1n) is 8.24. The van der Waals surface area contributed by atoms with Crippen molar-refractivity contribution in [3.63, 3.8) is 0 Å². The third-order valence-corrected chi connectivity index (χ3v) is 4.34. The predicted octanol–water partition coefficient (Wildman–Crippen LogP) is 4.15. The van der Waals surface area contributed by atoms with Crippen molar-refractivity contribution < 1.29 is 4.79 Å². The van der Waals surface area contributed by atoms with Gasteiger partial charge in [-0.15, -0.1) is 0 Å². The highest BCUT2D eigenvalue weighted by Crippen LogP contribution is 2.19. The molecule has 2 atom stereocenters. The molecule has 1 aromatic heterocycles. The van der Waals surface area contributed by atoms with Crippen LogP contribution in [0.5, 0.6) is 0 Å². The van der Waals surface area contributed by atoms with Crippen LogP contribution in [0, 0.1) is 6.92 Å². The maximum atomic E-state index is 12.5. The summed E-state index contributed by atoms with van der Waals surface area (Å²) < 4.78 is 0. The van der Waals surface area contributed by atoms with Crippen LogP contribution in [0.15, 0.2) is 54.7 Å². The first-order chi connectivity index (χ1) is 11.5. The Morgan fingerprint density at radius 3 is 2.67 bits per heavy atom. The standard InChI is InChI=1S/C20H23N3O/c1-13-6-4-5-7-18(13)14(2)23-20(24)15(3)22-17-8-9-19-16(12-17)10-11-21-19/h4-12,14-15,21-22H,1-3H3,(H,23,24)/t14-,15-/m0/s1. The Morgan fingerprint density at radius 2 is 1.88 bits per heavy atom. The fourth-order valence-electron chi connectivity index (χ4n) is 2.95. The van der Waals surface area contributed by atoms with Crippen LogP contribution in [0.3, 0.4) is 0 Å². The summed E-state index contributed by atoms with van der Waals surface area (Å²) in [6.07, 6.45) is 1.91. The zero-order valence-electron chi connectivity index (χ0n) is 14.3. The average Bonchev–Trinajstić information content (AvgIpc) is 3.02. The second-order valence-electron chi connectivity index (χ2n) is 6.23. The van der Waals surface area contributed by atoms with Crippen LogP contribution in [0.2, 0.25) is 0 Å². The number of rotatable bonds is 5. The largest absolute Gasteiger partial charge is 0.374 e. The molecule has 3 aromatic rings. The number of amides is 1. The van der Waals surface area contributed by atoms with Gasteiger partial charge < -0.3 is 15.6 Å². The molecule has 1 heterocycles. The van der Waals surface area contributed by atoms with Crippen molar-refractivity contribution >= 4 is 22.5 Å². The van der Waals surface area contributed by atoms with Gasteiger partial charge >= 0.3 is 0 Å². The maximum Gasteiger partial charge on any atom is 0.242 e. The van der Waals surface area contributed by atoms with Crippen molar-refractivity contribution in [2.24, 2.45) is 0 Å². The number of nitrogens with one attached hydrogen (secondary N) is 3. The number of benzene rings is 2. The van der Waals surface area contributed by atoms with Gasteiger partial charge in [-0.25, -0.2) is 0 Å². The van der Waals surface area contributed by atoms with Gasteiger partial charge in [-0.1, -0.05) is 24.3 Å². The lowest BCUT2D eigenvalue weighted by atomic mass is 10.0. The summed E-state index contributed by atoms with van der Waals surface area (Å²) in [5.41, 5.74) is 4.36. The molecular formula is C20H23N3O. The molecule has 0 aliphatic rings. The average molecular weight is 321 g/mol. The van der Waals surface area contributed by atoms with Gasteiger partial charge in [0.2, 0.25) is 5.91 Å². The minimum atomic E-state index is -0.312. The van der Waals surface area contributed by atoms with Gasteiger partial charge in [-0.3, -0.25) is 4.79 Å². The summed E-state index contributed by atoms with van der Waals surface area (Å²) in [6.45, 7) is 5.95. The highest BCUT2D eigenvalue weighted by Gasteiger charge is 2.17. The van der Waals surface area contributed by atoms with Crippen LogP contribution >= 0.6 is 0 Å². The van der Waals surface area contributed by atoms with Crippen LogP contribution in [0.1, 0.15) is 31.0 Å². The molecule has 0 saturated heterocycles. The molecule has 124 valence electrons. The van der Waals surface area contributed by atoms with E-state index < -0.39 is 0 Å². The van der Waals surface area contributed by atoms with Crippen LogP contribution in [-0.4, -0.2) is 16.9 Å². The fraction of sp³-hybridized carbons (Fsp3) is 0.250. The van der Waals surface area contributed by atoms with Gasteiger partial charge in [-0.05, 0) is 56.2 Å². The molecule has 2 aromatic carbocycles. The monoisotopic (exact) mass is 321 g/mol. The zero-order valence-corrected chi connectivity index (χ0v) is 14.3. The molecule has 0 unspecified atom stereocenters. The van der Waals surface area contributed by atoms with Gasteiger partial charge in [0.25, 0.3) is 0 Å². The Hall–Kier alpha value is -2.75. The molecule has 4 nitrogen and oxygen atoms in total. The highest BCUT2D eigenvalue weighted by molar-refractivity contribution is 5.87. The first kappa shape index (κ1) is 16.1. The van der Waals surface area contributed by atoms with E-state index in [1.807, 2.05) is 56.4 Å². The van der Waals surface area contributed by atoms with Crippen molar-refractivity contribution in [1.82, 2.24) is 10.3 Å². The van der Waals surface area contributed by atoms with Crippen LogP contribution in [0.25, 0.3) is 10.9 Å². The topological polar surface area (TPSA) is 56.9 Å². The Bertz CT molecular complexity index is 853. The molecule has 0 aliphatic carbocycles. The van der Waals surface area contributed by atoms with Crippen molar-refractivity contribution in [1.29, 1.82) is 0 Å². The van der Waals surface area contributed by atoms with E-state index in [9.17, 15) is 4.79 Å². The Labute approximate surface area is 142 Å². The molecule has 24 heavy (non-hydrogen) atoms. The van der Waals surface area contributed by atoms with Crippen molar-refractivity contribution in [2.75, 3.05) is 5.32 Å². The molecule has 4 heteroatoms. The first-order valence-corrected chi connectivity index (χ1v) is 8.24. The number of fused-ring (bicyclic) bond motifs is 1. The number of H-pyrrole nitrogens is 1. The molecule has 0 saturated carbocycles. The van der Waals surface area contributed by atoms with Gasteiger partial charge in [0.1, 0.15) is 6.04 Å². The van der Waals surface area contributed by atoms with Crippen molar-refractivity contribution in [3.8, 4) is 0 Å². The minimum Gasteiger partial charge on any atom is -0.374 e. The number of hydrogen-bond acceptors (Lipinski definition) is 2. The predicted molar refractivity (Wildman–Crippen MR) is 99.1 cm³/mol. The molecule has 1 amide bonds. The Balaban J connectivity index is 1.65. The SMILES string of the molecule is Cc1ccccc1[C@H](C)NC(=O)[C@H](C)Nc1ccc2[nH]ccc2c1. The summed E-state index contributed by atoms with van der Waals surface area (Å²) in [5.74, 6) is -0.0140. The Kier molecular flexibility index (Phi) is 4.56. The van der Waals surface area contributed by atoms with E-state index in [2.05, 4.69) is 34.7 Å². The summed E-state index contributed by atoms with van der Waals surface area (Å²) in [4.78, 5) is 15.6. The van der Waals surface area contributed by atoms with E-state index in [0.717, 1.165) is 22.2 Å². The number of aromatic nitrogens is 1. The second-order valence-corrected chi connectivity index (χ2v) is 6.23. The van der Waals surface area contributed by atoms with Crippen molar-refractivity contribution in [3.05, 3.63) is 65.9 Å². The molecule has 3 rings (SSSR count). The lowest BCUT2D eigenvalue weighted by Gasteiger charge is -2.20. The van der Waals surface area contributed by atoms with E-state index >= 15 is 0 Å². The van der Waals surface area contributed by atoms with Crippen LogP contribution in [0.4, 0.5) is 5.69 Å². The molecule has 0 bridgehead atoms. The van der Waals surface area contributed by atoms with E-state index in [4.69, 9.17) is 0 Å². The fourth-order valence-corrected chi connectivity index (χ4v) is 2.95. The molecule has 0 radical (unpaired) electrons. The van der Waals surface area contributed by atoms with Gasteiger partial charge in [0, 0.05) is 22.8 Å². The van der Waals surface area contributed by atoms with Crippen molar-refractivity contribution in [2.45, 2.75) is 32.9 Å². The maximum absolute atomic E-state index is 12.5. The summed E-state index contributed by atoms with van der Waals surface area (Å²) in [7, 11) is 0. The normalized spacial score (nSPS) is 13.5. The lowest BCUT2D eigenvalue weighted by Crippen LogP contribution is -2.39. The Morgan fingerprint density at radius 1 is 1.08 bits per heavy atom. The highest BCUT2D eigenvalue weighted by atomic mass is 16.2.